The largest absolute Gasteiger partial charge is 0.434 e. The minimum Gasteiger partial charge on any atom is -0.347 e. The molecule has 1 saturated heterocycles. The molecule has 1 aromatic heterocycles. The van der Waals surface area contributed by atoms with Crippen LogP contribution in [0.25, 0.3) is 0 Å². The fourth-order valence-electron chi connectivity index (χ4n) is 2.32. The monoisotopic (exact) mass is 357 g/mol. The normalized spacial score (nSPS) is 19.5. The van der Waals surface area contributed by atoms with Gasteiger partial charge in [-0.05, 0) is 25.8 Å². The lowest BCUT2D eigenvalue weighted by molar-refractivity contribution is -0.140. The topological polar surface area (TPSA) is 54.0 Å². The van der Waals surface area contributed by atoms with Crippen LogP contribution in [0.5, 0.6) is 0 Å². The molecule has 1 aliphatic heterocycles. The van der Waals surface area contributed by atoms with Crippen molar-refractivity contribution in [3.63, 3.8) is 0 Å². The molecule has 22 heavy (non-hydrogen) atoms. The van der Waals surface area contributed by atoms with Crippen molar-refractivity contribution in [2.45, 2.75) is 50.9 Å². The summed E-state index contributed by atoms with van der Waals surface area (Å²) < 4.78 is 37.7. The molecule has 9 heteroatoms. The Balaban J connectivity index is 0.00000242. The first-order valence-corrected chi connectivity index (χ1v) is 7.83. The average molecular weight is 358 g/mol. The predicted octanol–water partition coefficient (Wildman–Crippen LogP) is 3.29. The van der Waals surface area contributed by atoms with E-state index in [1.165, 1.54) is 0 Å². The first-order valence-electron chi connectivity index (χ1n) is 6.95. The van der Waals surface area contributed by atoms with Gasteiger partial charge < -0.3 is 10.6 Å². The van der Waals surface area contributed by atoms with Crippen LogP contribution in [0, 0.1) is 0 Å². The Bertz CT molecular complexity index is 489. The third kappa shape index (κ3) is 5.10. The SMILES string of the molecule is CCC(NC(=O)CC1CCCN1)c1nc(C(F)(F)F)cs1.Cl. The first kappa shape index (κ1) is 19.2. The number of hydrogen-bond donors (Lipinski definition) is 2. The summed E-state index contributed by atoms with van der Waals surface area (Å²) in [5.41, 5.74) is -0.896. The van der Waals surface area contributed by atoms with Crippen molar-refractivity contribution in [2.24, 2.45) is 0 Å². The summed E-state index contributed by atoms with van der Waals surface area (Å²) in [6.45, 7) is 2.73. The van der Waals surface area contributed by atoms with Gasteiger partial charge in [0.05, 0.1) is 6.04 Å². The highest BCUT2D eigenvalue weighted by atomic mass is 35.5. The summed E-state index contributed by atoms with van der Waals surface area (Å²) in [5.74, 6) is -0.148. The molecule has 2 heterocycles. The maximum Gasteiger partial charge on any atom is 0.434 e. The summed E-state index contributed by atoms with van der Waals surface area (Å²) in [4.78, 5) is 15.5. The number of carbonyl (C=O) groups excluding carboxylic acids is 1. The van der Waals surface area contributed by atoms with Gasteiger partial charge in [-0.2, -0.15) is 13.2 Å². The molecule has 2 unspecified atom stereocenters. The number of nitrogens with one attached hydrogen (secondary N) is 2. The van der Waals surface area contributed by atoms with E-state index >= 15 is 0 Å². The highest BCUT2D eigenvalue weighted by molar-refractivity contribution is 7.09. The molecule has 2 rings (SSSR count). The number of amides is 1. The molecule has 126 valence electrons. The van der Waals surface area contributed by atoms with Crippen LogP contribution >= 0.6 is 23.7 Å². The van der Waals surface area contributed by atoms with Gasteiger partial charge in [-0.3, -0.25) is 4.79 Å². The van der Waals surface area contributed by atoms with Gasteiger partial charge in [-0.1, -0.05) is 6.92 Å². The van der Waals surface area contributed by atoms with E-state index in [2.05, 4.69) is 15.6 Å². The van der Waals surface area contributed by atoms with E-state index in [4.69, 9.17) is 0 Å². The van der Waals surface area contributed by atoms with Gasteiger partial charge in [0, 0.05) is 17.8 Å². The lowest BCUT2D eigenvalue weighted by atomic mass is 10.1. The molecule has 1 fully saturated rings. The van der Waals surface area contributed by atoms with Crippen molar-refractivity contribution in [1.82, 2.24) is 15.6 Å². The van der Waals surface area contributed by atoms with Gasteiger partial charge in [0.15, 0.2) is 5.69 Å². The minimum absolute atomic E-state index is 0. The van der Waals surface area contributed by atoms with E-state index in [1.807, 2.05) is 6.92 Å². The van der Waals surface area contributed by atoms with E-state index in [0.29, 0.717) is 17.8 Å². The second-order valence-corrected chi connectivity index (χ2v) is 5.98. The van der Waals surface area contributed by atoms with E-state index in [1.54, 1.807) is 0 Å². The number of rotatable bonds is 5. The molecular formula is C13H19ClF3N3OS. The van der Waals surface area contributed by atoms with Crippen LogP contribution in [0.4, 0.5) is 13.2 Å². The highest BCUT2D eigenvalue weighted by Crippen LogP contribution is 2.32. The zero-order valence-electron chi connectivity index (χ0n) is 12.1. The molecule has 2 N–H and O–H groups in total. The van der Waals surface area contributed by atoms with Crippen LogP contribution in [0.2, 0.25) is 0 Å². The zero-order valence-corrected chi connectivity index (χ0v) is 13.7. The average Bonchev–Trinajstić information content (AvgIpc) is 3.05. The molecule has 0 aliphatic carbocycles. The Labute approximate surface area is 137 Å². The number of carbonyl (C=O) groups is 1. The fraction of sp³-hybridized carbons (Fsp3) is 0.692. The molecule has 1 amide bonds. The Hall–Kier alpha value is -0.860. The second kappa shape index (κ2) is 8.12. The maximum atomic E-state index is 12.6. The quantitative estimate of drug-likeness (QED) is 0.850. The molecule has 0 bridgehead atoms. The Morgan fingerprint density at radius 2 is 2.32 bits per heavy atom. The molecule has 4 nitrogen and oxygen atoms in total. The smallest absolute Gasteiger partial charge is 0.347 e. The van der Waals surface area contributed by atoms with Gasteiger partial charge in [-0.15, -0.1) is 23.7 Å². The summed E-state index contributed by atoms with van der Waals surface area (Å²) >= 11 is 0.932. The van der Waals surface area contributed by atoms with Gasteiger partial charge in [0.25, 0.3) is 0 Å². The second-order valence-electron chi connectivity index (χ2n) is 5.09. The van der Waals surface area contributed by atoms with Crippen LogP contribution in [-0.4, -0.2) is 23.5 Å². The van der Waals surface area contributed by atoms with Crippen LogP contribution in [-0.2, 0) is 11.0 Å². The maximum absolute atomic E-state index is 12.6. The minimum atomic E-state index is -4.44. The van der Waals surface area contributed by atoms with E-state index in [9.17, 15) is 18.0 Å². The van der Waals surface area contributed by atoms with Gasteiger partial charge in [0.1, 0.15) is 5.01 Å². The highest BCUT2D eigenvalue weighted by Gasteiger charge is 2.34. The standard InChI is InChI=1S/C13H18F3N3OS.ClH/c1-2-9(12-19-10(7-21-12)13(14,15)16)18-11(20)6-8-4-3-5-17-8;/h7-9,17H,2-6H2,1H3,(H,18,20);1H. The van der Waals surface area contributed by atoms with Crippen LogP contribution < -0.4 is 10.6 Å². The Morgan fingerprint density at radius 1 is 1.59 bits per heavy atom. The Kier molecular flexibility index (Phi) is 7.08. The molecule has 0 radical (unpaired) electrons. The van der Waals surface area contributed by atoms with Crippen molar-refractivity contribution in [1.29, 1.82) is 0 Å². The molecule has 0 spiro atoms. The van der Waals surface area contributed by atoms with Crippen molar-refractivity contribution >= 4 is 29.7 Å². The predicted molar refractivity (Wildman–Crippen MR) is 81.2 cm³/mol. The molecule has 1 aliphatic rings. The number of hydrogen-bond acceptors (Lipinski definition) is 4. The number of nitrogens with zero attached hydrogens (tertiary/aromatic N) is 1. The molecular weight excluding hydrogens is 339 g/mol. The van der Waals surface area contributed by atoms with Crippen molar-refractivity contribution in [3.05, 3.63) is 16.1 Å². The fourth-order valence-corrected chi connectivity index (χ4v) is 3.28. The van der Waals surface area contributed by atoms with Crippen molar-refractivity contribution in [2.75, 3.05) is 6.54 Å². The van der Waals surface area contributed by atoms with Gasteiger partial charge in [-0.25, -0.2) is 4.98 Å². The lowest BCUT2D eigenvalue weighted by Gasteiger charge is -2.16. The molecule has 2 atom stereocenters. The summed E-state index contributed by atoms with van der Waals surface area (Å²) in [7, 11) is 0. The molecule has 0 saturated carbocycles. The van der Waals surface area contributed by atoms with E-state index in [-0.39, 0.29) is 24.4 Å². The molecule has 1 aromatic rings. The van der Waals surface area contributed by atoms with Gasteiger partial charge in [0.2, 0.25) is 5.91 Å². The number of aromatic nitrogens is 1. The van der Waals surface area contributed by atoms with Crippen LogP contribution in [0.3, 0.4) is 0 Å². The van der Waals surface area contributed by atoms with E-state index in [0.717, 1.165) is 36.1 Å². The summed E-state index contributed by atoms with van der Waals surface area (Å²) in [6, 6.07) is -0.287. The number of thiazole rings is 1. The zero-order chi connectivity index (χ0) is 15.5. The molecule has 0 aromatic carbocycles. The Morgan fingerprint density at radius 3 is 2.82 bits per heavy atom. The van der Waals surface area contributed by atoms with Crippen LogP contribution in [0.15, 0.2) is 5.38 Å². The van der Waals surface area contributed by atoms with Crippen molar-refractivity contribution < 1.29 is 18.0 Å². The first-order chi connectivity index (χ1) is 9.90. The number of alkyl halides is 3. The third-order valence-corrected chi connectivity index (χ3v) is 4.41. The van der Waals surface area contributed by atoms with E-state index < -0.39 is 17.9 Å². The third-order valence-electron chi connectivity index (χ3n) is 3.45. The van der Waals surface area contributed by atoms with Crippen molar-refractivity contribution in [3.8, 4) is 0 Å². The summed E-state index contributed by atoms with van der Waals surface area (Å²) in [6.07, 6.45) is -1.57. The summed E-state index contributed by atoms with van der Waals surface area (Å²) in [5, 5.41) is 7.29. The number of halogens is 4. The lowest BCUT2D eigenvalue weighted by Crippen LogP contribution is -2.34. The van der Waals surface area contributed by atoms with Crippen LogP contribution in [0.1, 0.15) is 49.4 Å². The van der Waals surface area contributed by atoms with Gasteiger partial charge >= 0.3 is 6.18 Å².